The fraction of sp³-hybridized carbons (Fsp3) is 0.417. The molecule has 1 atom stereocenters. The van der Waals surface area contributed by atoms with Crippen LogP contribution in [0.15, 0.2) is 22.7 Å². The number of nitrogens with two attached hydrogens (primary N) is 1. The fourth-order valence-electron chi connectivity index (χ4n) is 2.02. The molecule has 1 aromatic rings. The van der Waals surface area contributed by atoms with Crippen molar-refractivity contribution < 1.29 is 22.7 Å². The van der Waals surface area contributed by atoms with Gasteiger partial charge in [-0.05, 0) is 47.0 Å². The summed E-state index contributed by atoms with van der Waals surface area (Å²) in [6.45, 7) is 0.498. The number of carbonyl (C=O) groups excluding carboxylic acids is 1. The first kappa shape index (κ1) is 15.1. The first-order valence-electron chi connectivity index (χ1n) is 5.90. The van der Waals surface area contributed by atoms with Gasteiger partial charge in [0.15, 0.2) is 0 Å². The Labute approximate surface area is 121 Å². The summed E-state index contributed by atoms with van der Waals surface area (Å²) >= 11 is 3.01. The first-order valence-corrected chi connectivity index (χ1v) is 6.69. The Morgan fingerprint density at radius 2 is 2.10 bits per heavy atom. The number of hydrogen-bond acceptors (Lipinski definition) is 3. The summed E-state index contributed by atoms with van der Waals surface area (Å²) in [7, 11) is 0. The molecule has 4 nitrogen and oxygen atoms in total. The molecular weight excluding hydrogens is 341 g/mol. The number of alkyl halides is 3. The molecule has 1 aliphatic rings. The van der Waals surface area contributed by atoms with E-state index in [4.69, 9.17) is 5.73 Å². The zero-order chi connectivity index (χ0) is 14.9. The van der Waals surface area contributed by atoms with Gasteiger partial charge in [-0.25, -0.2) is 0 Å². The molecule has 1 aliphatic heterocycles. The molecule has 1 unspecified atom stereocenters. The molecule has 1 amide bonds. The van der Waals surface area contributed by atoms with Gasteiger partial charge >= 0.3 is 6.36 Å². The summed E-state index contributed by atoms with van der Waals surface area (Å²) in [5.74, 6) is -0.581. The Morgan fingerprint density at radius 1 is 1.40 bits per heavy atom. The van der Waals surface area contributed by atoms with Crippen molar-refractivity contribution in [2.24, 2.45) is 5.73 Å². The third-order valence-corrected chi connectivity index (χ3v) is 3.55. The zero-order valence-corrected chi connectivity index (χ0v) is 11.9. The molecule has 0 spiro atoms. The summed E-state index contributed by atoms with van der Waals surface area (Å²) in [5, 5.41) is 0. The smallest absolute Gasteiger partial charge is 0.405 e. The average Bonchev–Trinajstić information content (AvgIpc) is 2.34. The number of ether oxygens (including phenoxy) is 1. The van der Waals surface area contributed by atoms with Gasteiger partial charge in [-0.15, -0.1) is 13.2 Å². The minimum atomic E-state index is -4.76. The maximum atomic E-state index is 12.2. The summed E-state index contributed by atoms with van der Waals surface area (Å²) < 4.78 is 40.5. The third kappa shape index (κ3) is 3.43. The van der Waals surface area contributed by atoms with Crippen molar-refractivity contribution in [3.05, 3.63) is 22.7 Å². The Bertz CT molecular complexity index is 522. The number of nitrogens with zero attached hydrogens (tertiary/aromatic N) is 1. The summed E-state index contributed by atoms with van der Waals surface area (Å²) in [6.07, 6.45) is -3.38. The number of piperidine rings is 1. The van der Waals surface area contributed by atoms with Gasteiger partial charge in [-0.3, -0.25) is 4.79 Å². The van der Waals surface area contributed by atoms with Crippen LogP contribution in [0, 0.1) is 0 Å². The molecule has 20 heavy (non-hydrogen) atoms. The molecular formula is C12H12BrF3N2O2. The molecule has 1 aromatic carbocycles. The lowest BCUT2D eigenvalue weighted by atomic mass is 10.0. The summed E-state index contributed by atoms with van der Waals surface area (Å²) in [4.78, 5) is 13.4. The van der Waals surface area contributed by atoms with Crippen molar-refractivity contribution in [1.82, 2.24) is 0 Å². The van der Waals surface area contributed by atoms with Crippen molar-refractivity contribution >= 4 is 27.5 Å². The van der Waals surface area contributed by atoms with Crippen molar-refractivity contribution in [2.75, 3.05) is 11.4 Å². The van der Waals surface area contributed by atoms with E-state index in [0.717, 1.165) is 6.42 Å². The van der Waals surface area contributed by atoms with Gasteiger partial charge in [0.2, 0.25) is 5.91 Å². The van der Waals surface area contributed by atoms with E-state index in [1.807, 2.05) is 0 Å². The van der Waals surface area contributed by atoms with Crippen molar-refractivity contribution in [3.8, 4) is 5.75 Å². The maximum absolute atomic E-state index is 12.2. The minimum Gasteiger partial charge on any atom is -0.405 e. The van der Waals surface area contributed by atoms with E-state index >= 15 is 0 Å². The monoisotopic (exact) mass is 352 g/mol. The molecule has 0 aliphatic carbocycles. The summed E-state index contributed by atoms with van der Waals surface area (Å²) in [5.41, 5.74) is 6.17. The highest BCUT2D eigenvalue weighted by molar-refractivity contribution is 9.10. The van der Waals surface area contributed by atoms with E-state index in [0.29, 0.717) is 18.7 Å². The lowest BCUT2D eigenvalue weighted by Crippen LogP contribution is -2.48. The molecule has 0 radical (unpaired) electrons. The fourth-order valence-corrected chi connectivity index (χ4v) is 2.47. The average molecular weight is 353 g/mol. The van der Waals surface area contributed by atoms with E-state index in [-0.39, 0.29) is 16.1 Å². The highest BCUT2D eigenvalue weighted by Gasteiger charge is 2.32. The van der Waals surface area contributed by atoms with Crippen molar-refractivity contribution in [3.63, 3.8) is 0 Å². The highest BCUT2D eigenvalue weighted by Crippen LogP contribution is 2.34. The lowest BCUT2D eigenvalue weighted by molar-refractivity contribution is -0.274. The Hall–Kier alpha value is -1.28. The van der Waals surface area contributed by atoms with Gasteiger partial charge in [0.1, 0.15) is 5.75 Å². The van der Waals surface area contributed by atoms with Crippen LogP contribution in [0.1, 0.15) is 12.8 Å². The summed E-state index contributed by atoms with van der Waals surface area (Å²) in [6, 6.07) is 3.42. The van der Waals surface area contributed by atoms with Crippen LogP contribution in [0.3, 0.4) is 0 Å². The van der Waals surface area contributed by atoms with E-state index in [1.54, 1.807) is 0 Å². The van der Waals surface area contributed by atoms with E-state index < -0.39 is 12.4 Å². The second-order valence-corrected chi connectivity index (χ2v) is 5.26. The van der Waals surface area contributed by atoms with Gasteiger partial charge in [0.25, 0.3) is 0 Å². The molecule has 0 aromatic heterocycles. The van der Waals surface area contributed by atoms with Crippen molar-refractivity contribution in [1.29, 1.82) is 0 Å². The van der Waals surface area contributed by atoms with Crippen LogP contribution in [-0.2, 0) is 4.79 Å². The van der Waals surface area contributed by atoms with Crippen LogP contribution < -0.4 is 15.4 Å². The molecule has 0 saturated carbocycles. The molecule has 1 fully saturated rings. The topological polar surface area (TPSA) is 55.6 Å². The number of amides is 1. The van der Waals surface area contributed by atoms with Crippen LogP contribution >= 0.6 is 15.9 Å². The van der Waals surface area contributed by atoms with Gasteiger partial charge in [-0.2, -0.15) is 0 Å². The van der Waals surface area contributed by atoms with Crippen LogP contribution in [0.5, 0.6) is 5.75 Å². The normalized spacial score (nSPS) is 20.1. The lowest BCUT2D eigenvalue weighted by Gasteiger charge is -2.30. The maximum Gasteiger partial charge on any atom is 0.573 e. The van der Waals surface area contributed by atoms with Crippen LogP contribution in [0.25, 0.3) is 0 Å². The largest absolute Gasteiger partial charge is 0.573 e. The number of carbonyl (C=O) groups is 1. The van der Waals surface area contributed by atoms with Gasteiger partial charge < -0.3 is 15.4 Å². The molecule has 1 heterocycles. The SMILES string of the molecule is NC1CCCN(c2ccc(OC(F)(F)F)c(Br)c2)C1=O. The Kier molecular flexibility index (Phi) is 4.24. The number of hydrogen-bond donors (Lipinski definition) is 1. The number of rotatable bonds is 2. The number of anilines is 1. The molecule has 110 valence electrons. The molecule has 1 saturated heterocycles. The Balaban J connectivity index is 2.22. The van der Waals surface area contributed by atoms with E-state index in [2.05, 4.69) is 20.7 Å². The third-order valence-electron chi connectivity index (χ3n) is 2.93. The van der Waals surface area contributed by atoms with Gasteiger partial charge in [-0.1, -0.05) is 0 Å². The standard InChI is InChI=1S/C12H12BrF3N2O2/c13-8-6-7(3-4-10(8)20-12(14,15)16)18-5-1-2-9(17)11(18)19/h3-4,6,9H,1-2,5,17H2. The zero-order valence-electron chi connectivity index (χ0n) is 10.3. The minimum absolute atomic E-state index is 0.124. The second kappa shape index (κ2) is 5.61. The van der Waals surface area contributed by atoms with Gasteiger partial charge in [0.05, 0.1) is 10.5 Å². The van der Waals surface area contributed by atoms with Crippen LogP contribution in [0.2, 0.25) is 0 Å². The van der Waals surface area contributed by atoms with Gasteiger partial charge in [0, 0.05) is 12.2 Å². The quantitative estimate of drug-likeness (QED) is 0.890. The number of halogens is 4. The van der Waals surface area contributed by atoms with E-state index in [1.165, 1.54) is 23.1 Å². The first-order chi connectivity index (χ1) is 9.28. The molecule has 0 bridgehead atoms. The van der Waals surface area contributed by atoms with Crippen molar-refractivity contribution in [2.45, 2.75) is 25.2 Å². The molecule has 2 rings (SSSR count). The predicted octanol–water partition coefficient (Wildman–Crippen LogP) is 2.80. The molecule has 2 N–H and O–H groups in total. The number of benzene rings is 1. The predicted molar refractivity (Wildman–Crippen MR) is 70.4 cm³/mol. The Morgan fingerprint density at radius 3 is 2.70 bits per heavy atom. The molecule has 8 heteroatoms. The second-order valence-electron chi connectivity index (χ2n) is 4.40. The van der Waals surface area contributed by atoms with Crippen LogP contribution in [0.4, 0.5) is 18.9 Å². The van der Waals surface area contributed by atoms with Crippen LogP contribution in [-0.4, -0.2) is 24.9 Å². The highest BCUT2D eigenvalue weighted by atomic mass is 79.9. The van der Waals surface area contributed by atoms with E-state index in [9.17, 15) is 18.0 Å².